The average Bonchev–Trinajstić information content (AvgIpc) is 3.56. The highest BCUT2D eigenvalue weighted by Crippen LogP contribution is 2.43. The summed E-state index contributed by atoms with van der Waals surface area (Å²) < 4.78 is 8.46. The number of piperidine rings is 1. The second kappa shape index (κ2) is 11.2. The number of aromatic nitrogens is 2. The third-order valence-corrected chi connectivity index (χ3v) is 7.90. The number of carbonyl (C=O) groups excluding carboxylic acids is 2. The lowest BCUT2D eigenvalue weighted by atomic mass is 9.86. The van der Waals surface area contributed by atoms with E-state index in [4.69, 9.17) is 4.74 Å². The molecule has 198 valence electrons. The van der Waals surface area contributed by atoms with Gasteiger partial charge in [0.2, 0.25) is 0 Å². The van der Waals surface area contributed by atoms with E-state index in [-0.39, 0.29) is 36.5 Å². The molecule has 0 bridgehead atoms. The number of anilines is 1. The van der Waals surface area contributed by atoms with Gasteiger partial charge in [0.1, 0.15) is 6.10 Å². The van der Waals surface area contributed by atoms with Gasteiger partial charge in [-0.3, -0.25) is 4.79 Å². The van der Waals surface area contributed by atoms with Crippen molar-refractivity contribution in [2.45, 2.75) is 37.8 Å². The fraction of sp³-hybridized carbons (Fsp3) is 0.281. The average molecular weight is 521 g/mol. The Bertz CT molecular complexity index is 1430. The minimum absolute atomic E-state index is 0.0487. The summed E-state index contributed by atoms with van der Waals surface area (Å²) in [6, 6.07) is 27.6. The van der Waals surface area contributed by atoms with E-state index in [2.05, 4.69) is 33.1 Å². The first-order chi connectivity index (χ1) is 19.2. The van der Waals surface area contributed by atoms with E-state index < -0.39 is 0 Å². The quantitative estimate of drug-likeness (QED) is 0.306. The SMILES string of the molecule is O=C(Cc1ccccc1)OC(CC1c2ccccc2-c2cncn21)C1CCN(C(=O)Nc2ccccc2)CC1. The van der Waals surface area contributed by atoms with E-state index in [1.807, 2.05) is 84.2 Å². The molecule has 1 fully saturated rings. The molecule has 1 aromatic heterocycles. The number of amides is 2. The number of imidazole rings is 1. The molecule has 7 nitrogen and oxygen atoms in total. The van der Waals surface area contributed by atoms with Gasteiger partial charge in [0.05, 0.1) is 30.7 Å². The van der Waals surface area contributed by atoms with E-state index in [0.717, 1.165) is 29.8 Å². The predicted octanol–water partition coefficient (Wildman–Crippen LogP) is 5.94. The Morgan fingerprint density at radius 2 is 1.62 bits per heavy atom. The van der Waals surface area contributed by atoms with Gasteiger partial charge in [-0.05, 0) is 42.0 Å². The van der Waals surface area contributed by atoms with Gasteiger partial charge in [-0.15, -0.1) is 0 Å². The maximum atomic E-state index is 13.1. The van der Waals surface area contributed by atoms with Crippen LogP contribution in [0.1, 0.15) is 36.4 Å². The molecule has 0 saturated carbocycles. The molecule has 3 heterocycles. The van der Waals surface area contributed by atoms with Gasteiger partial charge in [0.25, 0.3) is 0 Å². The van der Waals surface area contributed by atoms with Gasteiger partial charge in [-0.1, -0.05) is 72.8 Å². The molecule has 0 aliphatic carbocycles. The second-order valence-electron chi connectivity index (χ2n) is 10.3. The lowest BCUT2D eigenvalue weighted by Crippen LogP contribution is -2.44. The van der Waals surface area contributed by atoms with Crippen molar-refractivity contribution in [3.05, 3.63) is 109 Å². The smallest absolute Gasteiger partial charge is 0.321 e. The van der Waals surface area contributed by atoms with Crippen LogP contribution in [0.15, 0.2) is 97.5 Å². The van der Waals surface area contributed by atoms with Crippen molar-refractivity contribution in [1.29, 1.82) is 0 Å². The lowest BCUT2D eigenvalue weighted by Gasteiger charge is -2.36. The zero-order chi connectivity index (χ0) is 26.6. The lowest BCUT2D eigenvalue weighted by molar-refractivity contribution is -0.152. The number of esters is 1. The van der Waals surface area contributed by atoms with Gasteiger partial charge in [0, 0.05) is 30.8 Å². The van der Waals surface area contributed by atoms with Gasteiger partial charge in [0.15, 0.2) is 0 Å². The van der Waals surface area contributed by atoms with Crippen molar-refractivity contribution in [3.63, 3.8) is 0 Å². The van der Waals surface area contributed by atoms with Crippen LogP contribution >= 0.6 is 0 Å². The third kappa shape index (κ3) is 5.43. The second-order valence-corrected chi connectivity index (χ2v) is 10.3. The molecule has 2 aliphatic rings. The van der Waals surface area contributed by atoms with E-state index in [0.29, 0.717) is 19.5 Å². The van der Waals surface area contributed by atoms with Gasteiger partial charge >= 0.3 is 12.0 Å². The topological polar surface area (TPSA) is 76.5 Å². The van der Waals surface area contributed by atoms with Crippen LogP contribution in [0.4, 0.5) is 10.5 Å². The highest BCUT2D eigenvalue weighted by Gasteiger charge is 2.36. The molecule has 7 heteroatoms. The Balaban J connectivity index is 1.18. The van der Waals surface area contributed by atoms with Crippen molar-refractivity contribution in [1.82, 2.24) is 14.5 Å². The van der Waals surface area contributed by atoms with Gasteiger partial charge in [-0.2, -0.15) is 0 Å². The Morgan fingerprint density at radius 1 is 0.923 bits per heavy atom. The number of carbonyl (C=O) groups is 2. The maximum absolute atomic E-state index is 13.1. The van der Waals surface area contributed by atoms with Crippen molar-refractivity contribution >= 4 is 17.7 Å². The predicted molar refractivity (Wildman–Crippen MR) is 150 cm³/mol. The van der Waals surface area contributed by atoms with Crippen LogP contribution in [0.3, 0.4) is 0 Å². The van der Waals surface area contributed by atoms with Crippen LogP contribution in [-0.2, 0) is 16.0 Å². The number of nitrogens with one attached hydrogen (secondary N) is 1. The first-order valence-corrected chi connectivity index (χ1v) is 13.6. The molecule has 0 radical (unpaired) electrons. The normalized spacial score (nSPS) is 17.2. The fourth-order valence-corrected chi connectivity index (χ4v) is 5.90. The summed E-state index contributed by atoms with van der Waals surface area (Å²) in [5.41, 5.74) is 5.24. The summed E-state index contributed by atoms with van der Waals surface area (Å²) in [5, 5.41) is 2.98. The van der Waals surface area contributed by atoms with E-state index in [1.165, 1.54) is 11.1 Å². The molecule has 1 N–H and O–H groups in total. The largest absolute Gasteiger partial charge is 0.462 e. The van der Waals surface area contributed by atoms with Gasteiger partial charge in [-0.25, -0.2) is 9.78 Å². The zero-order valence-corrected chi connectivity index (χ0v) is 21.8. The van der Waals surface area contributed by atoms with Crippen molar-refractivity contribution in [2.75, 3.05) is 18.4 Å². The molecule has 39 heavy (non-hydrogen) atoms. The molecule has 2 amide bonds. The molecule has 0 spiro atoms. The molecule has 2 atom stereocenters. The first kappa shape index (κ1) is 24.9. The number of benzene rings is 3. The highest BCUT2D eigenvalue weighted by molar-refractivity contribution is 5.89. The van der Waals surface area contributed by atoms with E-state index in [1.54, 1.807) is 0 Å². The summed E-state index contributed by atoms with van der Waals surface area (Å²) in [4.78, 5) is 32.3. The van der Waals surface area contributed by atoms with Crippen LogP contribution in [0.5, 0.6) is 0 Å². The van der Waals surface area contributed by atoms with Crippen LogP contribution in [0.2, 0.25) is 0 Å². The van der Waals surface area contributed by atoms with Crippen LogP contribution < -0.4 is 5.32 Å². The molecule has 2 unspecified atom stereocenters. The Labute approximate surface area is 228 Å². The molecular weight excluding hydrogens is 488 g/mol. The van der Waals surface area contributed by atoms with Crippen molar-refractivity contribution in [2.24, 2.45) is 5.92 Å². The summed E-state index contributed by atoms with van der Waals surface area (Å²) in [6.07, 6.45) is 5.97. The molecule has 6 rings (SSSR count). The summed E-state index contributed by atoms with van der Waals surface area (Å²) >= 11 is 0. The number of hydrogen-bond acceptors (Lipinski definition) is 4. The first-order valence-electron chi connectivity index (χ1n) is 13.6. The molecular formula is C32H32N4O3. The van der Waals surface area contributed by atoms with Gasteiger partial charge < -0.3 is 19.5 Å². The summed E-state index contributed by atoms with van der Waals surface area (Å²) in [6.45, 7) is 1.24. The van der Waals surface area contributed by atoms with E-state index in [9.17, 15) is 9.59 Å². The van der Waals surface area contributed by atoms with Crippen LogP contribution in [-0.4, -0.2) is 45.6 Å². The number of likely N-dealkylation sites (tertiary alicyclic amines) is 1. The monoisotopic (exact) mass is 520 g/mol. The van der Waals surface area contributed by atoms with E-state index >= 15 is 0 Å². The van der Waals surface area contributed by atoms with Crippen LogP contribution in [0, 0.1) is 5.92 Å². The highest BCUT2D eigenvalue weighted by atomic mass is 16.5. The summed E-state index contributed by atoms with van der Waals surface area (Å²) in [5.74, 6) is -0.0576. The summed E-state index contributed by atoms with van der Waals surface area (Å²) in [7, 11) is 0. The number of urea groups is 1. The number of nitrogens with zero attached hydrogens (tertiary/aromatic N) is 3. The Kier molecular flexibility index (Phi) is 7.13. The Hall–Kier alpha value is -4.39. The van der Waals surface area contributed by atoms with Crippen LogP contribution in [0.25, 0.3) is 11.3 Å². The minimum Gasteiger partial charge on any atom is -0.462 e. The molecule has 3 aromatic carbocycles. The number of rotatable bonds is 7. The van der Waals surface area contributed by atoms with Crippen molar-refractivity contribution < 1.29 is 14.3 Å². The number of fused-ring (bicyclic) bond motifs is 3. The standard InChI is InChI=1S/C32H32N4O3/c37-31(19-23-9-3-1-4-10-23)39-30(20-28-26-13-7-8-14-27(26)29-21-33-22-36(28)29)24-15-17-35(18-16-24)32(38)34-25-11-5-2-6-12-25/h1-14,21-22,24,28,30H,15-20H2,(H,34,38). The Morgan fingerprint density at radius 3 is 2.38 bits per heavy atom. The number of hydrogen-bond donors (Lipinski definition) is 1. The number of ether oxygens (including phenoxy) is 1. The van der Waals surface area contributed by atoms with Crippen molar-refractivity contribution in [3.8, 4) is 11.3 Å². The third-order valence-electron chi connectivity index (χ3n) is 7.90. The molecule has 1 saturated heterocycles. The number of para-hydroxylation sites is 1. The maximum Gasteiger partial charge on any atom is 0.321 e. The fourth-order valence-electron chi connectivity index (χ4n) is 5.90. The molecule has 2 aliphatic heterocycles. The minimum atomic E-state index is -0.271. The molecule has 4 aromatic rings. The zero-order valence-electron chi connectivity index (χ0n) is 21.8.